The lowest BCUT2D eigenvalue weighted by Crippen LogP contribution is -2.42. The molecule has 10 heteroatoms. The summed E-state index contributed by atoms with van der Waals surface area (Å²) in [7, 11) is 1.86. The van der Waals surface area contributed by atoms with Crippen LogP contribution in [0.15, 0.2) is 10.9 Å². The lowest BCUT2D eigenvalue weighted by molar-refractivity contribution is 0.1000. The number of fused-ring (bicyclic) bond motifs is 1. The maximum atomic E-state index is 14.6. The summed E-state index contributed by atoms with van der Waals surface area (Å²) in [5.74, 6) is -1.78. The minimum Gasteiger partial charge on any atom is -0.382 e. The second-order valence-corrected chi connectivity index (χ2v) is 9.58. The smallest absolute Gasteiger partial charge is 0.261 e. The number of hydrogen-bond acceptors (Lipinski definition) is 6. The molecule has 170 valence electrons. The van der Waals surface area contributed by atoms with E-state index in [1.807, 2.05) is 11.9 Å². The summed E-state index contributed by atoms with van der Waals surface area (Å²) in [5.41, 5.74) is -0.708. The number of hydrogen-bond donors (Lipinski definition) is 2. The van der Waals surface area contributed by atoms with Crippen LogP contribution in [0.5, 0.6) is 0 Å². The van der Waals surface area contributed by atoms with Gasteiger partial charge in [-0.1, -0.05) is 0 Å². The van der Waals surface area contributed by atoms with Crippen LogP contribution in [-0.2, 0) is 10.5 Å². The molecule has 0 spiro atoms. The van der Waals surface area contributed by atoms with E-state index in [1.54, 1.807) is 11.8 Å². The van der Waals surface area contributed by atoms with Crippen molar-refractivity contribution in [3.05, 3.63) is 33.9 Å². The molecule has 2 saturated heterocycles. The maximum absolute atomic E-state index is 14.6. The number of rotatable bonds is 6. The second kappa shape index (κ2) is 9.79. The molecule has 2 fully saturated rings. The second-order valence-electron chi connectivity index (χ2n) is 8.29. The number of anilines is 1. The quantitative estimate of drug-likeness (QED) is 0.695. The van der Waals surface area contributed by atoms with E-state index in [0.717, 1.165) is 32.6 Å². The number of nitrogens with zero attached hydrogens (tertiary/aromatic N) is 2. The molecule has 2 N–H and O–H groups in total. The molecule has 0 bridgehead atoms. The Hall–Kier alpha value is -1.78. The van der Waals surface area contributed by atoms with E-state index in [9.17, 15) is 18.0 Å². The van der Waals surface area contributed by atoms with Gasteiger partial charge in [0.2, 0.25) is 0 Å². The molecule has 2 aromatic rings. The van der Waals surface area contributed by atoms with Crippen molar-refractivity contribution in [1.82, 2.24) is 14.9 Å². The first kappa shape index (κ1) is 22.4. The van der Waals surface area contributed by atoms with Crippen LogP contribution in [0.1, 0.15) is 25.1 Å². The van der Waals surface area contributed by atoms with E-state index in [4.69, 9.17) is 4.74 Å². The third-order valence-corrected chi connectivity index (χ3v) is 7.37. The summed E-state index contributed by atoms with van der Waals surface area (Å²) in [6.07, 6.45) is 1.47. The minimum absolute atomic E-state index is 0.0907. The summed E-state index contributed by atoms with van der Waals surface area (Å²) in [6, 6.07) is 1.34. The zero-order valence-electron chi connectivity index (χ0n) is 17.4. The Morgan fingerprint density at radius 3 is 2.81 bits per heavy atom. The van der Waals surface area contributed by atoms with Gasteiger partial charge in [-0.3, -0.25) is 4.79 Å². The van der Waals surface area contributed by atoms with Gasteiger partial charge in [-0.05, 0) is 38.9 Å². The molecular weight excluding hydrogens is 429 g/mol. The Kier molecular flexibility index (Phi) is 7.08. The van der Waals surface area contributed by atoms with Crippen molar-refractivity contribution in [2.45, 2.75) is 36.4 Å². The van der Waals surface area contributed by atoms with Crippen molar-refractivity contribution in [2.24, 2.45) is 5.92 Å². The first-order valence-electron chi connectivity index (χ1n) is 10.6. The van der Waals surface area contributed by atoms with Gasteiger partial charge in [0.15, 0.2) is 11.6 Å². The Morgan fingerprint density at radius 2 is 2.06 bits per heavy atom. The highest BCUT2D eigenvalue weighted by Gasteiger charge is 2.28. The van der Waals surface area contributed by atoms with Crippen LogP contribution in [0.2, 0.25) is 0 Å². The van der Waals surface area contributed by atoms with Gasteiger partial charge in [0.25, 0.3) is 5.56 Å². The molecule has 1 aromatic heterocycles. The van der Waals surface area contributed by atoms with Crippen molar-refractivity contribution in [3.8, 4) is 0 Å². The van der Waals surface area contributed by atoms with Crippen molar-refractivity contribution in [1.29, 1.82) is 0 Å². The highest BCUT2D eigenvalue weighted by Crippen LogP contribution is 2.28. The summed E-state index contributed by atoms with van der Waals surface area (Å²) in [6.45, 7) is 2.71. The van der Waals surface area contributed by atoms with Crippen LogP contribution >= 0.6 is 11.8 Å². The number of ether oxygens (including phenoxy) is 1. The summed E-state index contributed by atoms with van der Waals surface area (Å²) in [5, 5.41) is 2.86. The molecule has 0 saturated carbocycles. The Morgan fingerprint density at radius 1 is 1.29 bits per heavy atom. The first-order chi connectivity index (χ1) is 14.9. The van der Waals surface area contributed by atoms with Crippen LogP contribution in [0, 0.1) is 17.6 Å². The molecule has 4 rings (SSSR count). The maximum Gasteiger partial charge on any atom is 0.261 e. The van der Waals surface area contributed by atoms with E-state index in [1.165, 1.54) is 6.07 Å². The number of H-pyrrole nitrogens is 1. The van der Waals surface area contributed by atoms with E-state index in [-0.39, 0.29) is 23.7 Å². The van der Waals surface area contributed by atoms with Gasteiger partial charge >= 0.3 is 0 Å². The van der Waals surface area contributed by atoms with Gasteiger partial charge in [-0.25, -0.2) is 18.2 Å². The largest absolute Gasteiger partial charge is 0.382 e. The zero-order chi connectivity index (χ0) is 22.0. The van der Waals surface area contributed by atoms with Crippen molar-refractivity contribution >= 4 is 28.4 Å². The highest BCUT2D eigenvalue weighted by atomic mass is 32.2. The molecule has 0 amide bonds. The molecular formula is C21H27F3N4O2S. The average molecular weight is 457 g/mol. The van der Waals surface area contributed by atoms with Crippen molar-refractivity contribution in [2.75, 3.05) is 45.2 Å². The van der Waals surface area contributed by atoms with Gasteiger partial charge < -0.3 is 19.9 Å². The third-order valence-electron chi connectivity index (χ3n) is 5.98. The van der Waals surface area contributed by atoms with Gasteiger partial charge in [-0.15, -0.1) is 0 Å². The predicted octanol–water partition coefficient (Wildman–Crippen LogP) is 3.32. The highest BCUT2D eigenvalue weighted by molar-refractivity contribution is 7.99. The van der Waals surface area contributed by atoms with Crippen LogP contribution < -0.4 is 10.9 Å². The van der Waals surface area contributed by atoms with Crippen molar-refractivity contribution < 1.29 is 17.9 Å². The number of aromatic amines is 1. The van der Waals surface area contributed by atoms with Crippen LogP contribution in [0.3, 0.4) is 0 Å². The number of likely N-dealkylation sites (tertiary alicyclic amines) is 1. The predicted molar refractivity (Wildman–Crippen MR) is 116 cm³/mol. The van der Waals surface area contributed by atoms with Crippen LogP contribution in [0.4, 0.5) is 18.9 Å². The summed E-state index contributed by atoms with van der Waals surface area (Å²) >= 11 is 1.67. The van der Waals surface area contributed by atoms with E-state index < -0.39 is 28.8 Å². The zero-order valence-corrected chi connectivity index (χ0v) is 18.2. The molecule has 3 heterocycles. The number of nitrogens with one attached hydrogen (secondary N) is 2. The number of halogens is 3. The number of piperidine rings is 1. The molecule has 31 heavy (non-hydrogen) atoms. The molecule has 0 radical (unpaired) electrons. The molecule has 2 aliphatic rings. The molecule has 1 aromatic carbocycles. The van der Waals surface area contributed by atoms with Crippen molar-refractivity contribution in [3.63, 3.8) is 0 Å². The molecule has 6 nitrogen and oxygen atoms in total. The number of benzene rings is 1. The van der Waals surface area contributed by atoms with E-state index in [0.29, 0.717) is 29.8 Å². The Balaban J connectivity index is 1.52. The van der Waals surface area contributed by atoms with E-state index >= 15 is 0 Å². The lowest BCUT2D eigenvalue weighted by Gasteiger charge is -2.32. The monoisotopic (exact) mass is 456 g/mol. The Labute approximate surface area is 182 Å². The third kappa shape index (κ3) is 5.18. The standard InChI is InChI=1S/C21H27F3N4O2S/c1-28-5-2-12(14(22)10-28)9-25-16-8-15-18(20(24)19(16)23)21(29)27-17(26-15)11-31-13-3-6-30-7-4-13/h8,12-14,25H,2-7,9-11H2,1H3,(H,26,27,29)/t12-,14-/m0/s1. The fraction of sp³-hybridized carbons (Fsp3) is 0.619. The summed E-state index contributed by atoms with van der Waals surface area (Å²) in [4.78, 5) is 21.3. The molecule has 2 aliphatic heterocycles. The fourth-order valence-electron chi connectivity index (χ4n) is 4.10. The van der Waals surface area contributed by atoms with Crippen LogP contribution in [-0.4, -0.2) is 66.2 Å². The number of alkyl halides is 1. The minimum atomic E-state index is -1.24. The van der Waals surface area contributed by atoms with Gasteiger partial charge in [0, 0.05) is 37.5 Å². The fourth-order valence-corrected chi connectivity index (χ4v) is 5.15. The van der Waals surface area contributed by atoms with Gasteiger partial charge in [0.05, 0.1) is 17.0 Å². The summed E-state index contributed by atoms with van der Waals surface area (Å²) < 4.78 is 48.8. The van der Waals surface area contributed by atoms with Gasteiger partial charge in [0.1, 0.15) is 17.4 Å². The number of thioether (sulfide) groups is 1. The lowest BCUT2D eigenvalue weighted by atomic mass is 9.95. The molecule has 0 aliphatic carbocycles. The van der Waals surface area contributed by atoms with E-state index in [2.05, 4.69) is 15.3 Å². The number of aromatic nitrogens is 2. The first-order valence-corrected chi connectivity index (χ1v) is 11.6. The SMILES string of the molecule is CN1CC[C@@H](CNc2cc3nc(CSC4CCOCC4)[nH]c(=O)c3c(F)c2F)[C@@H](F)C1. The Bertz CT molecular complexity index is 983. The van der Waals surface area contributed by atoms with Gasteiger partial charge in [-0.2, -0.15) is 11.8 Å². The van der Waals surface area contributed by atoms with Crippen LogP contribution in [0.25, 0.3) is 10.9 Å². The average Bonchev–Trinajstić information content (AvgIpc) is 2.75. The molecule has 0 unspecified atom stereocenters. The molecule has 2 atom stereocenters. The normalized spacial score (nSPS) is 23.4. The topological polar surface area (TPSA) is 70.2 Å².